The largest absolute Gasteiger partial charge is 0.489 e. The lowest BCUT2D eigenvalue weighted by Crippen LogP contribution is -2.01. The molecule has 0 saturated carbocycles. The number of hydrogen-bond donors (Lipinski definition) is 0. The van der Waals surface area contributed by atoms with Gasteiger partial charge < -0.3 is 9.47 Å². The molecule has 2 rings (SSSR count). The molecule has 1 heterocycles. The molecule has 1 aromatic heterocycles. The van der Waals surface area contributed by atoms with Crippen molar-refractivity contribution >= 4 is 5.97 Å². The number of hydrogen-bond acceptors (Lipinski definition) is 4. The SMILES string of the molecule is COC(=O)c1ccc(OCc2cncc(C)c2)cc1. The number of aryl methyl sites for hydroxylation is 1. The van der Waals surface area contributed by atoms with Crippen LogP contribution in [0.2, 0.25) is 0 Å². The van der Waals surface area contributed by atoms with Crippen LogP contribution in [0.5, 0.6) is 5.75 Å². The number of nitrogens with zero attached hydrogens (tertiary/aromatic N) is 1. The number of esters is 1. The molecule has 98 valence electrons. The van der Waals surface area contributed by atoms with Gasteiger partial charge in [-0.1, -0.05) is 0 Å². The van der Waals surface area contributed by atoms with Crippen molar-refractivity contribution in [2.24, 2.45) is 0 Å². The zero-order valence-electron chi connectivity index (χ0n) is 10.9. The van der Waals surface area contributed by atoms with Crippen LogP contribution in [-0.2, 0) is 11.3 Å². The van der Waals surface area contributed by atoms with E-state index in [4.69, 9.17) is 4.74 Å². The van der Waals surface area contributed by atoms with Crippen molar-refractivity contribution in [3.63, 3.8) is 0 Å². The van der Waals surface area contributed by atoms with E-state index in [1.54, 1.807) is 36.7 Å². The first-order valence-electron chi connectivity index (χ1n) is 5.91. The third kappa shape index (κ3) is 3.55. The minimum atomic E-state index is -0.352. The zero-order chi connectivity index (χ0) is 13.7. The fourth-order valence-electron chi connectivity index (χ4n) is 1.67. The van der Waals surface area contributed by atoms with Crippen molar-refractivity contribution in [1.82, 2.24) is 4.98 Å². The summed E-state index contributed by atoms with van der Waals surface area (Å²) >= 11 is 0. The number of pyridine rings is 1. The molecule has 4 heteroatoms. The van der Waals surface area contributed by atoms with E-state index in [2.05, 4.69) is 9.72 Å². The van der Waals surface area contributed by atoms with Gasteiger partial charge in [-0.05, 0) is 42.8 Å². The number of methoxy groups -OCH3 is 1. The standard InChI is InChI=1S/C15H15NO3/c1-11-7-12(9-16-8-11)10-19-14-5-3-13(4-6-14)15(17)18-2/h3-9H,10H2,1-2H3. The third-order valence-electron chi connectivity index (χ3n) is 2.61. The van der Waals surface area contributed by atoms with Crippen LogP contribution in [0.25, 0.3) is 0 Å². The molecule has 0 radical (unpaired) electrons. The number of rotatable bonds is 4. The van der Waals surface area contributed by atoms with Crippen molar-refractivity contribution in [3.8, 4) is 5.75 Å². The molecule has 0 saturated heterocycles. The van der Waals surface area contributed by atoms with Gasteiger partial charge in [0.05, 0.1) is 12.7 Å². The molecule has 19 heavy (non-hydrogen) atoms. The first kappa shape index (κ1) is 13.1. The zero-order valence-corrected chi connectivity index (χ0v) is 10.9. The van der Waals surface area contributed by atoms with Gasteiger partial charge in [0, 0.05) is 18.0 Å². The molecule has 0 aliphatic heterocycles. The Hall–Kier alpha value is -2.36. The van der Waals surface area contributed by atoms with E-state index >= 15 is 0 Å². The molecule has 0 atom stereocenters. The molecule has 2 aromatic rings. The van der Waals surface area contributed by atoms with Crippen molar-refractivity contribution in [3.05, 3.63) is 59.4 Å². The summed E-state index contributed by atoms with van der Waals surface area (Å²) in [5, 5.41) is 0. The second-order valence-corrected chi connectivity index (χ2v) is 4.18. The highest BCUT2D eigenvalue weighted by Gasteiger charge is 2.04. The van der Waals surface area contributed by atoms with Gasteiger partial charge in [0.2, 0.25) is 0 Å². The number of carbonyl (C=O) groups excluding carboxylic acids is 1. The predicted molar refractivity (Wildman–Crippen MR) is 71.1 cm³/mol. The topological polar surface area (TPSA) is 48.4 Å². The van der Waals surface area contributed by atoms with Gasteiger partial charge in [-0.2, -0.15) is 0 Å². The van der Waals surface area contributed by atoms with Gasteiger partial charge in [0.25, 0.3) is 0 Å². The molecule has 0 amide bonds. The Kier molecular flexibility index (Phi) is 4.13. The lowest BCUT2D eigenvalue weighted by atomic mass is 10.2. The van der Waals surface area contributed by atoms with Gasteiger partial charge in [-0.3, -0.25) is 4.98 Å². The highest BCUT2D eigenvalue weighted by Crippen LogP contribution is 2.14. The number of carbonyl (C=O) groups is 1. The highest BCUT2D eigenvalue weighted by molar-refractivity contribution is 5.89. The van der Waals surface area contributed by atoms with Crippen molar-refractivity contribution in [1.29, 1.82) is 0 Å². The summed E-state index contributed by atoms with van der Waals surface area (Å²) in [6.07, 6.45) is 3.57. The van der Waals surface area contributed by atoms with Crippen LogP contribution in [0.1, 0.15) is 21.5 Å². The van der Waals surface area contributed by atoms with Gasteiger partial charge in [-0.25, -0.2) is 4.79 Å². The summed E-state index contributed by atoms with van der Waals surface area (Å²) in [6, 6.07) is 8.87. The molecular formula is C15H15NO3. The molecule has 0 bridgehead atoms. The maximum absolute atomic E-state index is 11.3. The maximum Gasteiger partial charge on any atom is 0.337 e. The Morgan fingerprint density at radius 3 is 2.58 bits per heavy atom. The Morgan fingerprint density at radius 1 is 1.21 bits per heavy atom. The summed E-state index contributed by atoms with van der Waals surface area (Å²) < 4.78 is 10.3. The molecule has 0 fully saturated rings. The van der Waals surface area contributed by atoms with Gasteiger partial charge >= 0.3 is 5.97 Å². The molecule has 0 N–H and O–H groups in total. The van der Waals surface area contributed by atoms with Crippen LogP contribution in [-0.4, -0.2) is 18.1 Å². The van der Waals surface area contributed by atoms with Crippen LogP contribution in [0.3, 0.4) is 0 Å². The van der Waals surface area contributed by atoms with Crippen LogP contribution in [0.15, 0.2) is 42.7 Å². The molecule has 0 aliphatic rings. The Balaban J connectivity index is 1.98. The fourth-order valence-corrected chi connectivity index (χ4v) is 1.67. The minimum Gasteiger partial charge on any atom is -0.489 e. The lowest BCUT2D eigenvalue weighted by molar-refractivity contribution is 0.0600. The van der Waals surface area contributed by atoms with E-state index in [0.717, 1.165) is 11.1 Å². The maximum atomic E-state index is 11.3. The van der Waals surface area contributed by atoms with Crippen LogP contribution in [0, 0.1) is 6.92 Å². The molecule has 0 spiro atoms. The fraction of sp³-hybridized carbons (Fsp3) is 0.200. The Bertz CT molecular complexity index is 564. The van der Waals surface area contributed by atoms with Crippen molar-refractivity contribution in [2.45, 2.75) is 13.5 Å². The number of aromatic nitrogens is 1. The second kappa shape index (κ2) is 6.00. The Morgan fingerprint density at radius 2 is 1.95 bits per heavy atom. The van der Waals surface area contributed by atoms with E-state index in [0.29, 0.717) is 17.9 Å². The smallest absolute Gasteiger partial charge is 0.337 e. The second-order valence-electron chi connectivity index (χ2n) is 4.18. The van der Waals surface area contributed by atoms with Crippen molar-refractivity contribution < 1.29 is 14.3 Å². The number of benzene rings is 1. The van der Waals surface area contributed by atoms with E-state index in [9.17, 15) is 4.79 Å². The summed E-state index contributed by atoms with van der Waals surface area (Å²) in [6.45, 7) is 2.44. The summed E-state index contributed by atoms with van der Waals surface area (Å²) in [5.74, 6) is 0.351. The predicted octanol–water partition coefficient (Wildman–Crippen LogP) is 2.76. The van der Waals surface area contributed by atoms with E-state index in [1.165, 1.54) is 7.11 Å². The monoisotopic (exact) mass is 257 g/mol. The molecule has 4 nitrogen and oxygen atoms in total. The van der Waals surface area contributed by atoms with E-state index < -0.39 is 0 Å². The minimum absolute atomic E-state index is 0.352. The van der Waals surface area contributed by atoms with Crippen LogP contribution in [0.4, 0.5) is 0 Å². The van der Waals surface area contributed by atoms with Gasteiger partial charge in [0.1, 0.15) is 12.4 Å². The average Bonchev–Trinajstić information content (AvgIpc) is 2.45. The van der Waals surface area contributed by atoms with Gasteiger partial charge in [0.15, 0.2) is 0 Å². The van der Waals surface area contributed by atoms with Gasteiger partial charge in [-0.15, -0.1) is 0 Å². The normalized spacial score (nSPS) is 10.0. The number of ether oxygens (including phenoxy) is 2. The molecule has 1 aromatic carbocycles. The molecule has 0 aliphatic carbocycles. The summed E-state index contributed by atoms with van der Waals surface area (Å²) in [7, 11) is 1.36. The van der Waals surface area contributed by atoms with Crippen LogP contribution >= 0.6 is 0 Å². The van der Waals surface area contributed by atoms with E-state index in [1.807, 2.05) is 13.0 Å². The molecular weight excluding hydrogens is 242 g/mol. The molecule has 0 unspecified atom stereocenters. The van der Waals surface area contributed by atoms with Crippen molar-refractivity contribution in [2.75, 3.05) is 7.11 Å². The highest BCUT2D eigenvalue weighted by atomic mass is 16.5. The first-order valence-corrected chi connectivity index (χ1v) is 5.91. The van der Waals surface area contributed by atoms with E-state index in [-0.39, 0.29) is 5.97 Å². The lowest BCUT2D eigenvalue weighted by Gasteiger charge is -2.07. The summed E-state index contributed by atoms with van der Waals surface area (Å²) in [5.41, 5.74) is 2.62. The summed E-state index contributed by atoms with van der Waals surface area (Å²) in [4.78, 5) is 15.4. The quantitative estimate of drug-likeness (QED) is 0.790. The third-order valence-corrected chi connectivity index (χ3v) is 2.61. The Labute approximate surface area is 112 Å². The first-order chi connectivity index (χ1) is 9.19. The van der Waals surface area contributed by atoms with Crippen LogP contribution < -0.4 is 4.74 Å². The average molecular weight is 257 g/mol.